The van der Waals surface area contributed by atoms with Crippen molar-refractivity contribution in [3.05, 3.63) is 52.6 Å². The maximum Gasteiger partial charge on any atom is 0.340 e. The Morgan fingerprint density at radius 3 is 2.41 bits per heavy atom. The number of nitrogens with zero attached hydrogens (tertiary/aromatic N) is 1. The van der Waals surface area contributed by atoms with E-state index in [0.29, 0.717) is 0 Å². The van der Waals surface area contributed by atoms with E-state index in [9.17, 15) is 19.2 Å². The second-order valence-corrected chi connectivity index (χ2v) is 7.02. The number of allylic oxidation sites excluding steroid dienone is 1. The van der Waals surface area contributed by atoms with E-state index in [4.69, 9.17) is 30.4 Å². The van der Waals surface area contributed by atoms with Crippen molar-refractivity contribution in [1.82, 2.24) is 0 Å². The molecule has 0 saturated heterocycles. The third kappa shape index (κ3) is 3.36. The van der Waals surface area contributed by atoms with Gasteiger partial charge in [0.25, 0.3) is 0 Å². The van der Waals surface area contributed by atoms with Crippen LogP contribution >= 0.6 is 0 Å². The highest BCUT2D eigenvalue weighted by Crippen LogP contribution is 2.54. The molecule has 0 saturated carbocycles. The van der Waals surface area contributed by atoms with E-state index in [1.165, 1.54) is 14.0 Å². The minimum atomic E-state index is -2.06. The Morgan fingerprint density at radius 2 is 1.78 bits per heavy atom. The average molecular weight is 445 g/mol. The number of hydrogen-bond acceptors (Lipinski definition) is 9. The number of fused-ring (bicyclic) bond motifs is 2. The molecule has 0 fully saturated rings. The molecule has 0 bridgehead atoms. The molecule has 2 aliphatic heterocycles. The standard InChI is InChI=1S/C21H23N3O8/c1-11-15(19(27)31-9-8-29-2)21(16(17(23)32-11)18(26)30-3)12-6-4-5-7-13(12)24(20(21)28)10-14(22)25/h4-7H,8-10,23H2,1-3H3,(H2,22,25)/t21-/m1/s1. The molecular formula is C21H23N3O8. The number of primary amides is 1. The molecule has 0 aliphatic carbocycles. The van der Waals surface area contributed by atoms with Crippen LogP contribution in [0.4, 0.5) is 5.69 Å². The number of rotatable bonds is 7. The van der Waals surface area contributed by atoms with Crippen molar-refractivity contribution in [1.29, 1.82) is 0 Å². The van der Waals surface area contributed by atoms with Crippen LogP contribution in [-0.4, -0.2) is 57.7 Å². The van der Waals surface area contributed by atoms with Crippen molar-refractivity contribution >= 4 is 29.4 Å². The number of amides is 2. The zero-order chi connectivity index (χ0) is 23.6. The molecule has 32 heavy (non-hydrogen) atoms. The van der Waals surface area contributed by atoms with Gasteiger partial charge in [-0.15, -0.1) is 0 Å². The number of nitrogens with two attached hydrogens (primary N) is 2. The second-order valence-electron chi connectivity index (χ2n) is 7.02. The monoisotopic (exact) mass is 445 g/mol. The lowest BCUT2D eigenvalue weighted by molar-refractivity contribution is -0.143. The second kappa shape index (κ2) is 8.71. The highest BCUT2D eigenvalue weighted by atomic mass is 16.6. The van der Waals surface area contributed by atoms with E-state index in [2.05, 4.69) is 0 Å². The lowest BCUT2D eigenvalue weighted by Gasteiger charge is -2.36. The molecule has 0 unspecified atom stereocenters. The zero-order valence-corrected chi connectivity index (χ0v) is 17.8. The summed E-state index contributed by atoms with van der Waals surface area (Å²) in [5.74, 6) is -3.94. The number of hydrogen-bond donors (Lipinski definition) is 2. The summed E-state index contributed by atoms with van der Waals surface area (Å²) in [4.78, 5) is 52.8. The fourth-order valence-corrected chi connectivity index (χ4v) is 4.03. The number of carbonyl (C=O) groups excluding carboxylic acids is 4. The molecule has 1 atom stereocenters. The Morgan fingerprint density at radius 1 is 1.09 bits per heavy atom. The molecule has 11 heteroatoms. The van der Waals surface area contributed by atoms with E-state index < -0.39 is 47.2 Å². The largest absolute Gasteiger partial charge is 0.465 e. The third-order valence-corrected chi connectivity index (χ3v) is 5.20. The summed E-state index contributed by atoms with van der Waals surface area (Å²) in [7, 11) is 2.53. The first-order chi connectivity index (χ1) is 15.2. The lowest BCUT2D eigenvalue weighted by atomic mass is 9.67. The van der Waals surface area contributed by atoms with Crippen LogP contribution in [0.1, 0.15) is 12.5 Å². The van der Waals surface area contributed by atoms with Crippen molar-refractivity contribution in [3.63, 3.8) is 0 Å². The number of para-hydroxylation sites is 1. The number of anilines is 1. The first-order valence-electron chi connectivity index (χ1n) is 9.55. The molecule has 1 aromatic rings. The van der Waals surface area contributed by atoms with Crippen LogP contribution in [0.15, 0.2) is 47.1 Å². The van der Waals surface area contributed by atoms with Crippen LogP contribution < -0.4 is 16.4 Å². The number of esters is 2. The van der Waals surface area contributed by atoms with E-state index in [1.807, 2.05) is 0 Å². The van der Waals surface area contributed by atoms with E-state index in [1.54, 1.807) is 24.3 Å². The summed E-state index contributed by atoms with van der Waals surface area (Å²) in [6, 6.07) is 6.36. The molecule has 2 heterocycles. The predicted molar refractivity (Wildman–Crippen MR) is 110 cm³/mol. The molecule has 3 rings (SSSR count). The van der Waals surface area contributed by atoms with Crippen LogP contribution in [-0.2, 0) is 43.5 Å². The maximum atomic E-state index is 13.9. The Balaban J connectivity index is 2.34. The lowest BCUT2D eigenvalue weighted by Crippen LogP contribution is -2.52. The Labute approximate surface area is 183 Å². The molecule has 0 aromatic heterocycles. The minimum absolute atomic E-state index is 0.0401. The van der Waals surface area contributed by atoms with Crippen LogP contribution in [0.3, 0.4) is 0 Å². The molecule has 4 N–H and O–H groups in total. The fraction of sp³-hybridized carbons (Fsp3) is 0.333. The van der Waals surface area contributed by atoms with Crippen LogP contribution in [0.5, 0.6) is 0 Å². The highest BCUT2D eigenvalue weighted by Gasteiger charge is 2.64. The van der Waals surface area contributed by atoms with Gasteiger partial charge in [0.05, 0.1) is 13.7 Å². The predicted octanol–water partition coefficient (Wildman–Crippen LogP) is -0.407. The Bertz CT molecular complexity index is 1060. The molecular weight excluding hydrogens is 422 g/mol. The average Bonchev–Trinajstić information content (AvgIpc) is 2.96. The van der Waals surface area contributed by atoms with E-state index in [-0.39, 0.29) is 35.8 Å². The summed E-state index contributed by atoms with van der Waals surface area (Å²) in [5, 5.41) is 0. The molecule has 2 amide bonds. The van der Waals surface area contributed by atoms with Crippen LogP contribution in [0.2, 0.25) is 0 Å². The molecule has 1 aromatic carbocycles. The molecule has 2 aliphatic rings. The van der Waals surface area contributed by atoms with E-state index >= 15 is 0 Å². The van der Waals surface area contributed by atoms with Gasteiger partial charge in [0.1, 0.15) is 35.5 Å². The van der Waals surface area contributed by atoms with Crippen molar-refractivity contribution in [2.24, 2.45) is 11.5 Å². The van der Waals surface area contributed by atoms with Gasteiger partial charge in [-0.25, -0.2) is 9.59 Å². The van der Waals surface area contributed by atoms with Gasteiger partial charge in [-0.1, -0.05) is 18.2 Å². The highest BCUT2D eigenvalue weighted by molar-refractivity contribution is 6.23. The zero-order valence-electron chi connectivity index (χ0n) is 17.8. The number of ether oxygens (including phenoxy) is 4. The smallest absolute Gasteiger partial charge is 0.340 e. The number of carbonyl (C=O) groups is 4. The Kier molecular flexibility index (Phi) is 6.21. The fourth-order valence-electron chi connectivity index (χ4n) is 4.03. The summed E-state index contributed by atoms with van der Waals surface area (Å²) < 4.78 is 20.5. The van der Waals surface area contributed by atoms with Crippen LogP contribution in [0.25, 0.3) is 0 Å². The van der Waals surface area contributed by atoms with E-state index in [0.717, 1.165) is 12.0 Å². The maximum absolute atomic E-state index is 13.9. The summed E-state index contributed by atoms with van der Waals surface area (Å²) in [6.07, 6.45) is 0. The normalized spacial score (nSPS) is 19.7. The van der Waals surface area contributed by atoms with Gasteiger partial charge in [-0.2, -0.15) is 0 Å². The summed E-state index contributed by atoms with van der Waals surface area (Å²) in [6.45, 7) is 0.919. The quantitative estimate of drug-likeness (QED) is 0.420. The Hall–Kier alpha value is -3.86. The SMILES string of the molecule is COCCOC(=O)C1=C(C)OC(N)=C(C(=O)OC)[C@]12C(=O)N(CC(N)=O)c1ccccc12. The van der Waals surface area contributed by atoms with Gasteiger partial charge < -0.3 is 35.3 Å². The summed E-state index contributed by atoms with van der Waals surface area (Å²) in [5.41, 5.74) is 9.20. The van der Waals surface area contributed by atoms with Gasteiger partial charge >= 0.3 is 11.9 Å². The van der Waals surface area contributed by atoms with Gasteiger partial charge in [0.15, 0.2) is 0 Å². The first-order valence-corrected chi connectivity index (χ1v) is 9.55. The van der Waals surface area contributed by atoms with Gasteiger partial charge in [0.2, 0.25) is 17.7 Å². The third-order valence-electron chi connectivity index (χ3n) is 5.20. The molecule has 11 nitrogen and oxygen atoms in total. The van der Waals surface area contributed by atoms with Crippen molar-refractivity contribution in [2.45, 2.75) is 12.3 Å². The van der Waals surface area contributed by atoms with Gasteiger partial charge in [-0.05, 0) is 13.0 Å². The summed E-state index contributed by atoms with van der Waals surface area (Å²) >= 11 is 0. The van der Waals surface area contributed by atoms with Crippen molar-refractivity contribution < 1.29 is 38.1 Å². The van der Waals surface area contributed by atoms with Gasteiger partial charge in [0, 0.05) is 18.4 Å². The van der Waals surface area contributed by atoms with Crippen molar-refractivity contribution in [2.75, 3.05) is 38.9 Å². The number of methoxy groups -OCH3 is 2. The first kappa shape index (κ1) is 22.8. The molecule has 170 valence electrons. The molecule has 1 spiro atoms. The molecule has 0 radical (unpaired) electrons. The minimum Gasteiger partial charge on any atom is -0.465 e. The topological polar surface area (TPSA) is 160 Å². The number of benzene rings is 1. The van der Waals surface area contributed by atoms with Crippen molar-refractivity contribution in [3.8, 4) is 0 Å². The van der Waals surface area contributed by atoms with Crippen LogP contribution in [0, 0.1) is 0 Å². The van der Waals surface area contributed by atoms with Gasteiger partial charge in [-0.3, -0.25) is 9.59 Å².